The van der Waals surface area contributed by atoms with Gasteiger partial charge in [-0.05, 0) is 84.0 Å². The van der Waals surface area contributed by atoms with Gasteiger partial charge in [0, 0.05) is 12.8 Å². The molecule has 7 atom stereocenters. The number of aliphatic hydroxyl groups is 5. The van der Waals surface area contributed by atoms with Gasteiger partial charge in [-0.3, -0.25) is 9.59 Å². The zero-order valence-corrected chi connectivity index (χ0v) is 47.3. The SMILES string of the molecule is C/C=C/CC/C=C/CC/C=C/C(O)C(COC1OC(CO)C(O)C(O)C1O)NC(=O)CCCCCCCCCCC/C=C\C/C=C\CCCCCCCCCCCOC(=O)CCCCCCCCCCCCCC. The van der Waals surface area contributed by atoms with Crippen molar-refractivity contribution in [3.8, 4) is 0 Å². The fraction of sp³-hybridized carbons (Fsp3) is 0.810. The molecule has 0 aliphatic carbocycles. The van der Waals surface area contributed by atoms with Crippen molar-refractivity contribution in [2.75, 3.05) is 19.8 Å². The molecule has 0 spiro atoms. The summed E-state index contributed by atoms with van der Waals surface area (Å²) < 4.78 is 16.6. The number of carbonyl (C=O) groups is 2. The average Bonchev–Trinajstić information content (AvgIpc) is 3.40. The van der Waals surface area contributed by atoms with E-state index < -0.39 is 49.5 Å². The van der Waals surface area contributed by atoms with Gasteiger partial charge >= 0.3 is 5.97 Å². The third kappa shape index (κ3) is 41.5. The van der Waals surface area contributed by atoms with E-state index >= 15 is 0 Å². The highest BCUT2D eigenvalue weighted by Gasteiger charge is 2.44. The standard InChI is InChI=1S/C63H113NO10/c1-3-5-7-9-11-13-14-31-35-39-43-47-51-59(68)72-52-48-44-40-36-32-29-27-25-23-21-19-17-15-16-18-20-22-24-26-28-30-34-38-42-46-50-58(67)64-55(56(66)49-45-41-37-33-12-10-8-6-4-2)54-73-63-62(71)61(70)60(69)57(53-65)74-63/h4,6,12,16-19,33,45,49,55-57,60-63,65-66,69-71H,3,5,7-11,13-15,20-32,34-44,46-48,50-54H2,1-2H3,(H,64,67)/b6-4+,18-16-,19-17-,33-12+,49-45+. The largest absolute Gasteiger partial charge is 0.466 e. The molecule has 1 saturated heterocycles. The van der Waals surface area contributed by atoms with Gasteiger partial charge in [0.1, 0.15) is 24.4 Å². The Kier molecular flexibility index (Phi) is 49.1. The molecular formula is C63H113NO10. The smallest absolute Gasteiger partial charge is 0.305 e. The van der Waals surface area contributed by atoms with Crippen LogP contribution >= 0.6 is 0 Å². The number of allylic oxidation sites excluding steroid dienone is 9. The van der Waals surface area contributed by atoms with E-state index in [9.17, 15) is 35.1 Å². The number of rotatable bonds is 52. The van der Waals surface area contributed by atoms with Gasteiger partial charge < -0.3 is 45.1 Å². The molecule has 0 radical (unpaired) electrons. The quantitative estimate of drug-likeness (QED) is 0.0195. The van der Waals surface area contributed by atoms with Crippen LogP contribution in [-0.2, 0) is 23.8 Å². The molecule has 430 valence electrons. The first kappa shape index (κ1) is 69.4. The van der Waals surface area contributed by atoms with Crippen LogP contribution in [0.4, 0.5) is 0 Å². The molecule has 0 aromatic rings. The second kappa shape index (κ2) is 52.4. The predicted molar refractivity (Wildman–Crippen MR) is 306 cm³/mol. The molecule has 1 aliphatic heterocycles. The molecule has 0 bridgehead atoms. The Morgan fingerprint density at radius 2 is 0.973 bits per heavy atom. The Morgan fingerprint density at radius 1 is 0.527 bits per heavy atom. The van der Waals surface area contributed by atoms with Crippen molar-refractivity contribution in [2.45, 2.75) is 307 Å². The minimum absolute atomic E-state index is 0.00234. The van der Waals surface area contributed by atoms with Crippen LogP contribution in [-0.4, -0.2) is 100 Å². The zero-order chi connectivity index (χ0) is 53.8. The number of amides is 1. The summed E-state index contributed by atoms with van der Waals surface area (Å²) in [5.74, 6) is -0.209. The maximum Gasteiger partial charge on any atom is 0.305 e. The molecule has 7 unspecified atom stereocenters. The monoisotopic (exact) mass is 1040 g/mol. The van der Waals surface area contributed by atoms with Gasteiger partial charge in [-0.15, -0.1) is 0 Å². The number of carbonyl (C=O) groups excluding carboxylic acids is 2. The van der Waals surface area contributed by atoms with E-state index in [2.05, 4.69) is 54.8 Å². The second-order valence-corrected chi connectivity index (χ2v) is 21.0. The number of aliphatic hydroxyl groups excluding tert-OH is 5. The molecule has 0 saturated carbocycles. The lowest BCUT2D eigenvalue weighted by Crippen LogP contribution is -2.60. The molecule has 1 fully saturated rings. The van der Waals surface area contributed by atoms with Crippen LogP contribution in [0.1, 0.15) is 264 Å². The van der Waals surface area contributed by atoms with Crippen molar-refractivity contribution in [2.24, 2.45) is 0 Å². The van der Waals surface area contributed by atoms with Gasteiger partial charge in [0.25, 0.3) is 0 Å². The molecule has 1 aliphatic rings. The summed E-state index contributed by atoms with van der Waals surface area (Å²) >= 11 is 0. The van der Waals surface area contributed by atoms with E-state index in [0.29, 0.717) is 25.9 Å². The van der Waals surface area contributed by atoms with Crippen molar-refractivity contribution >= 4 is 11.9 Å². The van der Waals surface area contributed by atoms with Gasteiger partial charge in [-0.1, -0.05) is 228 Å². The molecule has 0 aromatic heterocycles. The van der Waals surface area contributed by atoms with E-state index in [1.54, 1.807) is 6.08 Å². The van der Waals surface area contributed by atoms with E-state index in [-0.39, 0.29) is 18.5 Å². The van der Waals surface area contributed by atoms with Crippen molar-refractivity contribution < 1.29 is 49.3 Å². The third-order valence-corrected chi connectivity index (χ3v) is 14.2. The Morgan fingerprint density at radius 3 is 1.49 bits per heavy atom. The third-order valence-electron chi connectivity index (χ3n) is 14.2. The Hall–Kier alpha value is -2.64. The van der Waals surface area contributed by atoms with E-state index in [1.165, 1.54) is 148 Å². The first-order valence-corrected chi connectivity index (χ1v) is 30.5. The van der Waals surface area contributed by atoms with Gasteiger partial charge in [0.2, 0.25) is 5.91 Å². The van der Waals surface area contributed by atoms with Gasteiger partial charge in [0.05, 0.1) is 32.0 Å². The van der Waals surface area contributed by atoms with Gasteiger partial charge in [-0.2, -0.15) is 0 Å². The van der Waals surface area contributed by atoms with Crippen molar-refractivity contribution in [1.29, 1.82) is 0 Å². The van der Waals surface area contributed by atoms with Gasteiger partial charge in [0.15, 0.2) is 6.29 Å². The fourth-order valence-corrected chi connectivity index (χ4v) is 9.33. The van der Waals surface area contributed by atoms with Crippen molar-refractivity contribution in [3.05, 3.63) is 60.8 Å². The highest BCUT2D eigenvalue weighted by molar-refractivity contribution is 5.76. The van der Waals surface area contributed by atoms with Crippen LogP contribution in [0, 0.1) is 0 Å². The van der Waals surface area contributed by atoms with Crippen LogP contribution in [0.3, 0.4) is 0 Å². The number of unbranched alkanes of at least 4 members (excludes halogenated alkanes) is 31. The van der Waals surface area contributed by atoms with Crippen molar-refractivity contribution in [3.63, 3.8) is 0 Å². The summed E-state index contributed by atoms with van der Waals surface area (Å²) in [6, 6.07) is -0.839. The topological polar surface area (TPSA) is 175 Å². The molecule has 11 heteroatoms. The first-order chi connectivity index (χ1) is 36.2. The normalized spacial score (nSPS) is 19.3. The minimum Gasteiger partial charge on any atom is -0.466 e. The lowest BCUT2D eigenvalue weighted by Gasteiger charge is -2.40. The molecule has 6 N–H and O–H groups in total. The number of esters is 1. The zero-order valence-electron chi connectivity index (χ0n) is 47.3. The summed E-state index contributed by atoms with van der Waals surface area (Å²) in [6.07, 6.45) is 57.9. The molecule has 0 aromatic carbocycles. The summed E-state index contributed by atoms with van der Waals surface area (Å²) in [5, 5.41) is 54.1. The molecule has 1 rings (SSSR count). The molecule has 1 heterocycles. The minimum atomic E-state index is -1.58. The van der Waals surface area contributed by atoms with E-state index in [4.69, 9.17) is 14.2 Å². The predicted octanol–water partition coefficient (Wildman–Crippen LogP) is 14.2. The number of nitrogens with one attached hydrogen (secondary N) is 1. The van der Waals surface area contributed by atoms with E-state index in [1.807, 2.05) is 19.1 Å². The maximum atomic E-state index is 13.0. The fourth-order valence-electron chi connectivity index (χ4n) is 9.33. The Bertz CT molecular complexity index is 1410. The lowest BCUT2D eigenvalue weighted by molar-refractivity contribution is -0.302. The van der Waals surface area contributed by atoms with Crippen LogP contribution in [0.2, 0.25) is 0 Å². The number of hydrogen-bond donors (Lipinski definition) is 6. The molecule has 1 amide bonds. The summed E-state index contributed by atoms with van der Waals surface area (Å²) in [7, 11) is 0. The highest BCUT2D eigenvalue weighted by Crippen LogP contribution is 2.23. The number of ether oxygens (including phenoxy) is 3. The second-order valence-electron chi connectivity index (χ2n) is 21.0. The molecule has 74 heavy (non-hydrogen) atoms. The highest BCUT2D eigenvalue weighted by atomic mass is 16.7. The summed E-state index contributed by atoms with van der Waals surface area (Å²) in [4.78, 5) is 25.0. The van der Waals surface area contributed by atoms with Crippen LogP contribution in [0.25, 0.3) is 0 Å². The first-order valence-electron chi connectivity index (χ1n) is 30.5. The van der Waals surface area contributed by atoms with Crippen LogP contribution < -0.4 is 5.32 Å². The van der Waals surface area contributed by atoms with Crippen molar-refractivity contribution in [1.82, 2.24) is 5.32 Å². The number of hydrogen-bond acceptors (Lipinski definition) is 10. The van der Waals surface area contributed by atoms with Crippen LogP contribution in [0.15, 0.2) is 60.8 Å². The molecule has 11 nitrogen and oxygen atoms in total. The van der Waals surface area contributed by atoms with Gasteiger partial charge in [-0.25, -0.2) is 0 Å². The lowest BCUT2D eigenvalue weighted by atomic mass is 9.99. The molecular weight excluding hydrogens is 931 g/mol. The Balaban J connectivity index is 2.02. The maximum absolute atomic E-state index is 13.0. The summed E-state index contributed by atoms with van der Waals surface area (Å²) in [5.41, 5.74) is 0. The van der Waals surface area contributed by atoms with E-state index in [0.717, 1.165) is 83.5 Å². The van der Waals surface area contributed by atoms with Crippen LogP contribution in [0.5, 0.6) is 0 Å². The summed E-state index contributed by atoms with van der Waals surface area (Å²) in [6.45, 7) is 4.08. The average molecular weight is 1040 g/mol. The Labute approximate surface area is 452 Å².